The second kappa shape index (κ2) is 4.53. The zero-order chi connectivity index (χ0) is 14.3. The van der Waals surface area contributed by atoms with Gasteiger partial charge < -0.3 is 10.8 Å². The molecule has 0 spiro atoms. The molecule has 0 fully saturated rings. The predicted octanol–water partition coefficient (Wildman–Crippen LogP) is 3.81. The van der Waals surface area contributed by atoms with Crippen molar-refractivity contribution in [2.24, 2.45) is 0 Å². The summed E-state index contributed by atoms with van der Waals surface area (Å²) in [6.45, 7) is 3.80. The van der Waals surface area contributed by atoms with Crippen LogP contribution in [0.15, 0.2) is 42.5 Å². The van der Waals surface area contributed by atoms with Crippen LogP contribution in [0.1, 0.15) is 11.1 Å². The van der Waals surface area contributed by atoms with Gasteiger partial charge in [-0.15, -0.1) is 0 Å². The molecular formula is C17H16N2O. The average Bonchev–Trinajstić information content (AvgIpc) is 2.43. The summed E-state index contributed by atoms with van der Waals surface area (Å²) in [4.78, 5) is 4.35. The molecule has 0 saturated carbocycles. The first-order valence-electron chi connectivity index (χ1n) is 6.52. The zero-order valence-electron chi connectivity index (χ0n) is 11.5. The van der Waals surface area contributed by atoms with Crippen LogP contribution in [0, 0.1) is 13.8 Å². The molecular weight excluding hydrogens is 248 g/mol. The normalized spacial score (nSPS) is 10.9. The largest absolute Gasteiger partial charge is 0.507 e. The van der Waals surface area contributed by atoms with Crippen molar-refractivity contribution >= 4 is 16.7 Å². The number of para-hydroxylation sites is 1. The SMILES string of the molecule is Cc1cc(-c2cc(N)nc3ccccc23)cc(C)c1O. The maximum Gasteiger partial charge on any atom is 0.124 e. The van der Waals surface area contributed by atoms with Gasteiger partial charge in [0.1, 0.15) is 11.6 Å². The Balaban J connectivity index is 2.34. The number of hydrogen-bond donors (Lipinski definition) is 2. The zero-order valence-corrected chi connectivity index (χ0v) is 11.5. The number of aromatic nitrogens is 1. The standard InChI is InChI=1S/C17H16N2O/c1-10-7-12(8-11(2)17(10)20)14-9-16(18)19-15-6-4-3-5-13(14)15/h3-9,20H,1-2H3,(H2,18,19). The summed E-state index contributed by atoms with van der Waals surface area (Å²) in [6.07, 6.45) is 0. The van der Waals surface area contributed by atoms with E-state index in [1.807, 2.05) is 56.3 Å². The molecule has 0 bridgehead atoms. The van der Waals surface area contributed by atoms with Crippen molar-refractivity contribution in [3.63, 3.8) is 0 Å². The highest BCUT2D eigenvalue weighted by atomic mass is 16.3. The lowest BCUT2D eigenvalue weighted by molar-refractivity contribution is 0.467. The third-order valence-corrected chi connectivity index (χ3v) is 3.54. The van der Waals surface area contributed by atoms with Crippen molar-refractivity contribution in [3.8, 4) is 16.9 Å². The van der Waals surface area contributed by atoms with Gasteiger partial charge in [0.05, 0.1) is 5.52 Å². The Morgan fingerprint density at radius 2 is 1.65 bits per heavy atom. The van der Waals surface area contributed by atoms with Gasteiger partial charge in [0.15, 0.2) is 0 Å². The van der Waals surface area contributed by atoms with Gasteiger partial charge in [0, 0.05) is 5.39 Å². The van der Waals surface area contributed by atoms with Crippen molar-refractivity contribution in [1.82, 2.24) is 4.98 Å². The molecule has 3 heteroatoms. The minimum Gasteiger partial charge on any atom is -0.507 e. The molecule has 100 valence electrons. The second-order valence-corrected chi connectivity index (χ2v) is 5.07. The van der Waals surface area contributed by atoms with Crippen molar-refractivity contribution in [2.75, 3.05) is 5.73 Å². The van der Waals surface area contributed by atoms with Crippen molar-refractivity contribution in [2.45, 2.75) is 13.8 Å². The Morgan fingerprint density at radius 3 is 2.35 bits per heavy atom. The van der Waals surface area contributed by atoms with Crippen LogP contribution in [0.25, 0.3) is 22.0 Å². The highest BCUT2D eigenvalue weighted by molar-refractivity contribution is 5.96. The molecule has 0 radical (unpaired) electrons. The molecule has 3 N–H and O–H groups in total. The van der Waals surface area contributed by atoms with Crippen molar-refractivity contribution in [3.05, 3.63) is 53.6 Å². The number of phenolic OH excluding ortho intramolecular Hbond substituents is 1. The number of rotatable bonds is 1. The van der Waals surface area contributed by atoms with Gasteiger partial charge in [0.25, 0.3) is 0 Å². The maximum absolute atomic E-state index is 9.91. The summed E-state index contributed by atoms with van der Waals surface area (Å²) in [5, 5.41) is 11.0. The molecule has 2 aromatic carbocycles. The van der Waals surface area contributed by atoms with E-state index < -0.39 is 0 Å². The second-order valence-electron chi connectivity index (χ2n) is 5.07. The monoisotopic (exact) mass is 264 g/mol. The summed E-state index contributed by atoms with van der Waals surface area (Å²) in [5.74, 6) is 0.849. The number of nitrogens with two attached hydrogens (primary N) is 1. The Bertz CT molecular complexity index is 786. The van der Waals surface area contributed by atoms with Gasteiger partial charge in [0.2, 0.25) is 0 Å². The lowest BCUT2D eigenvalue weighted by atomic mass is 9.97. The summed E-state index contributed by atoms with van der Waals surface area (Å²) >= 11 is 0. The molecule has 3 aromatic rings. The molecule has 1 heterocycles. The van der Waals surface area contributed by atoms with Gasteiger partial charge in [-0.3, -0.25) is 0 Å². The first-order chi connectivity index (χ1) is 9.56. The average molecular weight is 264 g/mol. The highest BCUT2D eigenvalue weighted by Crippen LogP contribution is 2.33. The summed E-state index contributed by atoms with van der Waals surface area (Å²) < 4.78 is 0. The quantitative estimate of drug-likeness (QED) is 0.702. The van der Waals surface area contributed by atoms with E-state index in [1.54, 1.807) is 0 Å². The van der Waals surface area contributed by atoms with E-state index in [1.165, 1.54) is 0 Å². The van der Waals surface area contributed by atoms with Crippen molar-refractivity contribution < 1.29 is 5.11 Å². The van der Waals surface area contributed by atoms with E-state index >= 15 is 0 Å². The number of pyridine rings is 1. The summed E-state index contributed by atoms with van der Waals surface area (Å²) in [6, 6.07) is 13.8. The van der Waals surface area contributed by atoms with Crippen LogP contribution in [0.5, 0.6) is 5.75 Å². The molecule has 3 rings (SSSR count). The third-order valence-electron chi connectivity index (χ3n) is 3.54. The third kappa shape index (κ3) is 1.97. The highest BCUT2D eigenvalue weighted by Gasteiger charge is 2.09. The summed E-state index contributed by atoms with van der Waals surface area (Å²) in [7, 11) is 0. The van der Waals surface area contributed by atoms with E-state index in [2.05, 4.69) is 4.98 Å². The number of aromatic hydroxyl groups is 1. The van der Waals surface area contributed by atoms with Gasteiger partial charge in [-0.1, -0.05) is 18.2 Å². The first kappa shape index (κ1) is 12.5. The Morgan fingerprint density at radius 1 is 1.00 bits per heavy atom. The van der Waals surface area contributed by atoms with Crippen LogP contribution < -0.4 is 5.73 Å². The molecule has 3 nitrogen and oxygen atoms in total. The van der Waals surface area contributed by atoms with Gasteiger partial charge in [-0.2, -0.15) is 0 Å². The van der Waals surface area contributed by atoms with Gasteiger partial charge in [-0.25, -0.2) is 4.98 Å². The Labute approximate surface area is 117 Å². The van der Waals surface area contributed by atoms with Gasteiger partial charge in [-0.05, 0) is 60.4 Å². The number of aryl methyl sites for hydroxylation is 2. The lowest BCUT2D eigenvalue weighted by Crippen LogP contribution is -1.93. The Kier molecular flexibility index (Phi) is 2.83. The van der Waals surface area contributed by atoms with Crippen LogP contribution in [-0.2, 0) is 0 Å². The number of benzene rings is 2. The molecule has 0 atom stereocenters. The number of fused-ring (bicyclic) bond motifs is 1. The van der Waals surface area contributed by atoms with Crippen LogP contribution in [0.3, 0.4) is 0 Å². The van der Waals surface area contributed by atoms with E-state index in [0.29, 0.717) is 11.6 Å². The van der Waals surface area contributed by atoms with E-state index in [-0.39, 0.29) is 0 Å². The lowest BCUT2D eigenvalue weighted by Gasteiger charge is -2.11. The first-order valence-corrected chi connectivity index (χ1v) is 6.52. The number of hydrogen-bond acceptors (Lipinski definition) is 3. The molecule has 0 aliphatic rings. The van der Waals surface area contributed by atoms with E-state index in [9.17, 15) is 5.11 Å². The van der Waals surface area contributed by atoms with Crippen LogP contribution in [0.2, 0.25) is 0 Å². The molecule has 0 unspecified atom stereocenters. The number of nitrogen functional groups attached to an aromatic ring is 1. The van der Waals surface area contributed by atoms with Crippen molar-refractivity contribution in [1.29, 1.82) is 0 Å². The van der Waals surface area contributed by atoms with Crippen LogP contribution >= 0.6 is 0 Å². The molecule has 20 heavy (non-hydrogen) atoms. The molecule has 0 saturated heterocycles. The fourth-order valence-corrected chi connectivity index (χ4v) is 2.55. The smallest absolute Gasteiger partial charge is 0.124 e. The maximum atomic E-state index is 9.91. The number of nitrogens with zero attached hydrogens (tertiary/aromatic N) is 1. The number of anilines is 1. The molecule has 1 aromatic heterocycles. The Hall–Kier alpha value is -2.55. The minimum atomic E-state index is 0.347. The van der Waals surface area contributed by atoms with Crippen LogP contribution in [-0.4, -0.2) is 10.1 Å². The number of phenols is 1. The van der Waals surface area contributed by atoms with Crippen LogP contribution in [0.4, 0.5) is 5.82 Å². The van der Waals surface area contributed by atoms with E-state index in [0.717, 1.165) is 33.2 Å². The molecule has 0 amide bonds. The topological polar surface area (TPSA) is 59.1 Å². The fraction of sp³-hybridized carbons (Fsp3) is 0.118. The van der Waals surface area contributed by atoms with E-state index in [4.69, 9.17) is 5.73 Å². The minimum absolute atomic E-state index is 0.347. The predicted molar refractivity (Wildman–Crippen MR) is 82.7 cm³/mol. The summed E-state index contributed by atoms with van der Waals surface area (Å²) in [5.41, 5.74) is 10.6. The molecule has 0 aliphatic carbocycles. The fourth-order valence-electron chi connectivity index (χ4n) is 2.55. The van der Waals surface area contributed by atoms with Gasteiger partial charge >= 0.3 is 0 Å². The molecule has 0 aliphatic heterocycles.